The van der Waals surface area contributed by atoms with Gasteiger partial charge in [-0.3, -0.25) is 0 Å². The molecule has 0 amide bonds. The lowest BCUT2D eigenvalue weighted by molar-refractivity contribution is 0.164. The molecule has 19 heavy (non-hydrogen) atoms. The molecule has 2 aromatic carbocycles. The number of ether oxygens (including phenoxy) is 1. The second kappa shape index (κ2) is 6.04. The van der Waals surface area contributed by atoms with E-state index in [-0.39, 0.29) is 12.5 Å². The van der Waals surface area contributed by atoms with Gasteiger partial charge in [-0.15, -0.1) is 0 Å². The van der Waals surface area contributed by atoms with E-state index in [2.05, 4.69) is 0 Å². The van der Waals surface area contributed by atoms with Crippen LogP contribution in [0.1, 0.15) is 25.5 Å². The summed E-state index contributed by atoms with van der Waals surface area (Å²) in [6.07, 6.45) is -0.580. The van der Waals surface area contributed by atoms with E-state index in [1.54, 1.807) is 6.92 Å². The standard InChI is InChI=1S/C16H20O3/c1-11(9-17)10-19-16-14(12(2)18)8-7-13-5-3-4-6-15(13)16/h3-8,11-12,17-18H,9-10H2,1-2H3. The van der Waals surface area contributed by atoms with Gasteiger partial charge in [-0.25, -0.2) is 0 Å². The van der Waals surface area contributed by atoms with Crippen LogP contribution in [0.5, 0.6) is 5.75 Å². The van der Waals surface area contributed by atoms with E-state index < -0.39 is 6.10 Å². The molecule has 0 aliphatic carbocycles. The van der Waals surface area contributed by atoms with Crippen LogP contribution in [0.4, 0.5) is 0 Å². The fourth-order valence-corrected chi connectivity index (χ4v) is 2.03. The lowest BCUT2D eigenvalue weighted by Crippen LogP contribution is -2.13. The van der Waals surface area contributed by atoms with Crippen molar-refractivity contribution < 1.29 is 14.9 Å². The minimum absolute atomic E-state index is 0.0702. The summed E-state index contributed by atoms with van der Waals surface area (Å²) in [7, 11) is 0. The summed E-state index contributed by atoms with van der Waals surface area (Å²) < 4.78 is 5.84. The van der Waals surface area contributed by atoms with Crippen molar-refractivity contribution >= 4 is 10.8 Å². The molecule has 0 saturated heterocycles. The van der Waals surface area contributed by atoms with Gasteiger partial charge < -0.3 is 14.9 Å². The summed E-state index contributed by atoms with van der Waals surface area (Å²) in [6.45, 7) is 4.18. The fraction of sp³-hybridized carbons (Fsp3) is 0.375. The number of hydrogen-bond acceptors (Lipinski definition) is 3. The Labute approximate surface area is 113 Å². The number of fused-ring (bicyclic) bond motifs is 1. The third-order valence-corrected chi connectivity index (χ3v) is 3.18. The van der Waals surface area contributed by atoms with Gasteiger partial charge in [0.25, 0.3) is 0 Å². The van der Waals surface area contributed by atoms with Crippen molar-refractivity contribution in [1.82, 2.24) is 0 Å². The van der Waals surface area contributed by atoms with Gasteiger partial charge >= 0.3 is 0 Å². The van der Waals surface area contributed by atoms with Gasteiger partial charge in [0.15, 0.2) is 0 Å². The zero-order valence-electron chi connectivity index (χ0n) is 11.3. The van der Waals surface area contributed by atoms with Crippen LogP contribution in [0.25, 0.3) is 10.8 Å². The molecule has 0 bridgehead atoms. The highest BCUT2D eigenvalue weighted by Gasteiger charge is 2.14. The maximum atomic E-state index is 9.86. The van der Waals surface area contributed by atoms with Crippen LogP contribution >= 0.6 is 0 Å². The summed E-state index contributed by atoms with van der Waals surface area (Å²) in [4.78, 5) is 0. The van der Waals surface area contributed by atoms with Gasteiger partial charge in [0.1, 0.15) is 5.75 Å². The van der Waals surface area contributed by atoms with Crippen molar-refractivity contribution in [2.45, 2.75) is 20.0 Å². The quantitative estimate of drug-likeness (QED) is 0.869. The van der Waals surface area contributed by atoms with Crippen molar-refractivity contribution in [3.05, 3.63) is 42.0 Å². The second-order valence-electron chi connectivity index (χ2n) is 4.98. The normalized spacial score (nSPS) is 14.3. The van der Waals surface area contributed by atoms with E-state index in [9.17, 15) is 5.11 Å². The number of hydrogen-bond donors (Lipinski definition) is 2. The zero-order valence-corrected chi connectivity index (χ0v) is 11.3. The van der Waals surface area contributed by atoms with E-state index in [0.29, 0.717) is 12.4 Å². The monoisotopic (exact) mass is 260 g/mol. The Balaban J connectivity index is 2.43. The minimum atomic E-state index is -0.580. The summed E-state index contributed by atoms with van der Waals surface area (Å²) >= 11 is 0. The number of rotatable bonds is 5. The Hall–Kier alpha value is -1.58. The third kappa shape index (κ3) is 3.06. The van der Waals surface area contributed by atoms with Crippen LogP contribution in [-0.2, 0) is 0 Å². The highest BCUT2D eigenvalue weighted by molar-refractivity contribution is 5.89. The largest absolute Gasteiger partial charge is 0.492 e. The highest BCUT2D eigenvalue weighted by atomic mass is 16.5. The molecule has 0 heterocycles. The van der Waals surface area contributed by atoms with E-state index in [1.165, 1.54) is 0 Å². The lowest BCUT2D eigenvalue weighted by Gasteiger charge is -2.18. The Kier molecular flexibility index (Phi) is 4.40. The minimum Gasteiger partial charge on any atom is -0.492 e. The predicted molar refractivity (Wildman–Crippen MR) is 76.3 cm³/mol. The summed E-state index contributed by atoms with van der Waals surface area (Å²) in [5, 5.41) is 21.0. The Morgan fingerprint density at radius 1 is 1.11 bits per heavy atom. The number of aliphatic hydroxyl groups excluding tert-OH is 2. The zero-order chi connectivity index (χ0) is 13.8. The van der Waals surface area contributed by atoms with Crippen molar-refractivity contribution in [2.75, 3.05) is 13.2 Å². The molecule has 3 nitrogen and oxygen atoms in total. The number of aliphatic hydroxyl groups is 2. The van der Waals surface area contributed by atoms with Crippen LogP contribution < -0.4 is 4.74 Å². The molecule has 0 radical (unpaired) electrons. The van der Waals surface area contributed by atoms with E-state index in [1.807, 2.05) is 43.3 Å². The van der Waals surface area contributed by atoms with Crippen molar-refractivity contribution in [1.29, 1.82) is 0 Å². The first-order valence-electron chi connectivity index (χ1n) is 6.57. The Morgan fingerprint density at radius 2 is 1.84 bits per heavy atom. The molecule has 0 saturated carbocycles. The first-order valence-corrected chi connectivity index (χ1v) is 6.57. The first-order chi connectivity index (χ1) is 9.13. The molecule has 2 rings (SSSR count). The molecule has 2 N–H and O–H groups in total. The molecule has 0 aliphatic heterocycles. The molecule has 2 aromatic rings. The van der Waals surface area contributed by atoms with Crippen LogP contribution in [-0.4, -0.2) is 23.4 Å². The molecule has 0 aliphatic rings. The van der Waals surface area contributed by atoms with E-state index in [0.717, 1.165) is 16.3 Å². The van der Waals surface area contributed by atoms with Crippen molar-refractivity contribution in [2.24, 2.45) is 5.92 Å². The first kappa shape index (κ1) is 13.8. The SMILES string of the molecule is CC(CO)COc1c(C(C)O)ccc2ccccc12. The second-order valence-corrected chi connectivity index (χ2v) is 4.98. The van der Waals surface area contributed by atoms with Gasteiger partial charge in [0.05, 0.1) is 12.7 Å². The van der Waals surface area contributed by atoms with Crippen LogP contribution in [0.15, 0.2) is 36.4 Å². The molecule has 0 aromatic heterocycles. The Morgan fingerprint density at radius 3 is 2.53 bits per heavy atom. The molecular weight excluding hydrogens is 240 g/mol. The maximum absolute atomic E-state index is 9.86. The third-order valence-electron chi connectivity index (χ3n) is 3.18. The predicted octanol–water partition coefficient (Wildman–Crippen LogP) is 2.90. The smallest absolute Gasteiger partial charge is 0.132 e. The van der Waals surface area contributed by atoms with Crippen molar-refractivity contribution in [3.8, 4) is 5.75 Å². The molecule has 0 spiro atoms. The van der Waals surface area contributed by atoms with E-state index in [4.69, 9.17) is 9.84 Å². The van der Waals surface area contributed by atoms with Gasteiger partial charge in [0.2, 0.25) is 0 Å². The molecule has 2 unspecified atom stereocenters. The maximum Gasteiger partial charge on any atom is 0.132 e. The van der Waals surface area contributed by atoms with Gasteiger partial charge in [-0.05, 0) is 12.3 Å². The lowest BCUT2D eigenvalue weighted by atomic mass is 10.0. The summed E-state index contributed by atoms with van der Waals surface area (Å²) in [5.74, 6) is 0.786. The van der Waals surface area contributed by atoms with Crippen molar-refractivity contribution in [3.63, 3.8) is 0 Å². The average Bonchev–Trinajstić information content (AvgIpc) is 2.43. The molecule has 3 heteroatoms. The topological polar surface area (TPSA) is 49.7 Å². The molecule has 102 valence electrons. The summed E-state index contributed by atoms with van der Waals surface area (Å²) in [5.41, 5.74) is 0.781. The van der Waals surface area contributed by atoms with Gasteiger partial charge in [0, 0.05) is 23.5 Å². The van der Waals surface area contributed by atoms with Gasteiger partial charge in [-0.1, -0.05) is 43.3 Å². The molecule has 2 atom stereocenters. The Bertz CT molecular complexity index is 549. The van der Waals surface area contributed by atoms with Crippen LogP contribution in [0, 0.1) is 5.92 Å². The van der Waals surface area contributed by atoms with E-state index >= 15 is 0 Å². The number of benzene rings is 2. The van der Waals surface area contributed by atoms with Crippen LogP contribution in [0.3, 0.4) is 0 Å². The summed E-state index contributed by atoms with van der Waals surface area (Å²) in [6, 6.07) is 11.8. The fourth-order valence-electron chi connectivity index (χ4n) is 2.03. The van der Waals surface area contributed by atoms with Gasteiger partial charge in [-0.2, -0.15) is 0 Å². The average molecular weight is 260 g/mol. The molecule has 0 fully saturated rings. The highest BCUT2D eigenvalue weighted by Crippen LogP contribution is 2.33. The van der Waals surface area contributed by atoms with Crippen LogP contribution in [0.2, 0.25) is 0 Å². The molecular formula is C16H20O3.